The Kier molecular flexibility index (Phi) is 5.75. The SMILES string of the molecule is CCC(C)(CNS(=O)(=O)C(C)C(=O)OC)C(=O)O. The van der Waals surface area contributed by atoms with E-state index in [4.69, 9.17) is 5.11 Å². The highest BCUT2D eigenvalue weighted by Gasteiger charge is 2.35. The van der Waals surface area contributed by atoms with Crippen molar-refractivity contribution in [2.75, 3.05) is 13.7 Å². The number of carbonyl (C=O) groups excluding carboxylic acids is 1. The van der Waals surface area contributed by atoms with Gasteiger partial charge < -0.3 is 9.84 Å². The maximum atomic E-state index is 11.7. The zero-order valence-electron chi connectivity index (χ0n) is 10.9. The highest BCUT2D eigenvalue weighted by molar-refractivity contribution is 7.90. The molecule has 0 fully saturated rings. The fraction of sp³-hybridized carbons (Fsp3) is 0.800. The Morgan fingerprint density at radius 2 is 1.94 bits per heavy atom. The van der Waals surface area contributed by atoms with E-state index < -0.39 is 32.6 Å². The molecule has 18 heavy (non-hydrogen) atoms. The molecule has 0 heterocycles. The first kappa shape index (κ1) is 16.9. The Labute approximate surface area is 107 Å². The molecule has 2 atom stereocenters. The van der Waals surface area contributed by atoms with Crippen LogP contribution in [-0.2, 0) is 24.3 Å². The molecule has 0 amide bonds. The molecule has 0 aliphatic rings. The summed E-state index contributed by atoms with van der Waals surface area (Å²) < 4.78 is 29.9. The van der Waals surface area contributed by atoms with Gasteiger partial charge in [0.2, 0.25) is 10.0 Å². The van der Waals surface area contributed by atoms with Gasteiger partial charge in [-0.25, -0.2) is 13.1 Å². The number of nitrogens with one attached hydrogen (secondary N) is 1. The van der Waals surface area contributed by atoms with Gasteiger partial charge in [0.15, 0.2) is 5.25 Å². The minimum Gasteiger partial charge on any atom is -0.481 e. The third kappa shape index (κ3) is 3.95. The third-order valence-corrected chi connectivity index (χ3v) is 4.63. The Morgan fingerprint density at radius 1 is 1.44 bits per heavy atom. The molecule has 2 N–H and O–H groups in total. The summed E-state index contributed by atoms with van der Waals surface area (Å²) in [6, 6.07) is 0. The van der Waals surface area contributed by atoms with E-state index in [-0.39, 0.29) is 13.0 Å². The molecule has 7 nitrogen and oxygen atoms in total. The summed E-state index contributed by atoms with van der Waals surface area (Å²) in [4.78, 5) is 22.1. The molecule has 106 valence electrons. The van der Waals surface area contributed by atoms with E-state index in [9.17, 15) is 18.0 Å². The van der Waals surface area contributed by atoms with E-state index in [1.807, 2.05) is 0 Å². The van der Waals surface area contributed by atoms with E-state index in [0.29, 0.717) is 0 Å². The van der Waals surface area contributed by atoms with Gasteiger partial charge >= 0.3 is 11.9 Å². The summed E-state index contributed by atoms with van der Waals surface area (Å²) in [5, 5.41) is 7.62. The molecular weight excluding hydrogens is 262 g/mol. The standard InChI is InChI=1S/C10H19NO6S/c1-5-10(3,9(13)14)6-11-18(15,16)7(2)8(12)17-4/h7,11H,5-6H2,1-4H3,(H,13,14). The maximum Gasteiger partial charge on any atom is 0.325 e. The van der Waals surface area contributed by atoms with Gasteiger partial charge in [0.1, 0.15) is 0 Å². The maximum absolute atomic E-state index is 11.7. The molecule has 2 unspecified atom stereocenters. The van der Waals surface area contributed by atoms with Crippen LogP contribution >= 0.6 is 0 Å². The van der Waals surface area contributed by atoms with Crippen LogP contribution in [0.5, 0.6) is 0 Å². The number of carboxylic acids is 1. The second-order valence-electron chi connectivity index (χ2n) is 4.25. The summed E-state index contributed by atoms with van der Waals surface area (Å²) in [5.41, 5.74) is -1.21. The van der Waals surface area contributed by atoms with Gasteiger partial charge in [0.05, 0.1) is 12.5 Å². The average molecular weight is 281 g/mol. The molecule has 0 spiro atoms. The molecule has 0 aliphatic carbocycles. The van der Waals surface area contributed by atoms with Crippen molar-refractivity contribution in [3.05, 3.63) is 0 Å². The van der Waals surface area contributed by atoms with Crippen LogP contribution in [0.1, 0.15) is 27.2 Å². The van der Waals surface area contributed by atoms with E-state index >= 15 is 0 Å². The number of carboxylic acid groups (broad SMARTS) is 1. The monoisotopic (exact) mass is 281 g/mol. The Balaban J connectivity index is 4.81. The summed E-state index contributed by atoms with van der Waals surface area (Å²) in [5.74, 6) is -1.99. The number of methoxy groups -OCH3 is 1. The Morgan fingerprint density at radius 3 is 2.28 bits per heavy atom. The second kappa shape index (κ2) is 6.14. The molecule has 0 bridgehead atoms. The van der Waals surface area contributed by atoms with Crippen molar-refractivity contribution in [1.29, 1.82) is 0 Å². The summed E-state index contributed by atoms with van der Waals surface area (Å²) in [7, 11) is -2.85. The van der Waals surface area contributed by atoms with Crippen LogP contribution in [0.3, 0.4) is 0 Å². The van der Waals surface area contributed by atoms with Gasteiger partial charge in [-0.1, -0.05) is 6.92 Å². The minimum absolute atomic E-state index is 0.261. The Hall–Kier alpha value is -1.15. The van der Waals surface area contributed by atoms with Crippen LogP contribution in [-0.4, -0.2) is 44.4 Å². The van der Waals surface area contributed by atoms with Crippen LogP contribution in [0.2, 0.25) is 0 Å². The normalized spacial score (nSPS) is 16.7. The molecule has 0 rings (SSSR count). The van der Waals surface area contributed by atoms with Gasteiger partial charge in [-0.15, -0.1) is 0 Å². The van der Waals surface area contributed by atoms with Crippen molar-refractivity contribution < 1.29 is 27.9 Å². The van der Waals surface area contributed by atoms with Gasteiger partial charge in [-0.05, 0) is 20.3 Å². The van der Waals surface area contributed by atoms with Gasteiger partial charge in [-0.3, -0.25) is 9.59 Å². The first-order valence-corrected chi connectivity index (χ1v) is 6.95. The zero-order chi connectivity index (χ0) is 14.6. The number of hydrogen-bond acceptors (Lipinski definition) is 5. The van der Waals surface area contributed by atoms with Crippen LogP contribution in [0.4, 0.5) is 0 Å². The predicted octanol–water partition coefficient (Wildman–Crippen LogP) is -0.0318. The third-order valence-electron chi connectivity index (χ3n) is 2.96. The fourth-order valence-corrected chi connectivity index (χ4v) is 2.15. The number of esters is 1. The Bertz CT molecular complexity index is 418. The molecule has 8 heteroatoms. The van der Waals surface area contributed by atoms with E-state index in [2.05, 4.69) is 9.46 Å². The summed E-state index contributed by atoms with van der Waals surface area (Å²) >= 11 is 0. The molecule has 0 aliphatic heterocycles. The fourth-order valence-electron chi connectivity index (χ4n) is 1.03. The summed E-state index contributed by atoms with van der Waals surface area (Å²) in [6.45, 7) is 3.98. The topological polar surface area (TPSA) is 110 Å². The van der Waals surface area contributed by atoms with E-state index in [0.717, 1.165) is 7.11 Å². The first-order chi connectivity index (χ1) is 8.10. The van der Waals surface area contributed by atoms with Crippen LogP contribution in [0.25, 0.3) is 0 Å². The van der Waals surface area contributed by atoms with Crippen molar-refractivity contribution in [2.45, 2.75) is 32.4 Å². The molecular formula is C10H19NO6S. The largest absolute Gasteiger partial charge is 0.481 e. The smallest absolute Gasteiger partial charge is 0.325 e. The van der Waals surface area contributed by atoms with E-state index in [1.54, 1.807) is 6.92 Å². The summed E-state index contributed by atoms with van der Waals surface area (Å²) in [6.07, 6.45) is 0.261. The average Bonchev–Trinajstić information content (AvgIpc) is 2.33. The molecule has 0 aromatic heterocycles. The van der Waals surface area contributed by atoms with Gasteiger partial charge in [-0.2, -0.15) is 0 Å². The number of aliphatic carboxylic acids is 1. The lowest BCUT2D eigenvalue weighted by atomic mass is 9.88. The number of carbonyl (C=O) groups is 2. The number of sulfonamides is 1. The van der Waals surface area contributed by atoms with Crippen molar-refractivity contribution in [3.8, 4) is 0 Å². The van der Waals surface area contributed by atoms with Crippen molar-refractivity contribution >= 4 is 22.0 Å². The second-order valence-corrected chi connectivity index (χ2v) is 6.34. The highest BCUT2D eigenvalue weighted by atomic mass is 32.2. The lowest BCUT2D eigenvalue weighted by Crippen LogP contribution is -2.45. The van der Waals surface area contributed by atoms with E-state index in [1.165, 1.54) is 13.8 Å². The van der Waals surface area contributed by atoms with Crippen molar-refractivity contribution in [3.63, 3.8) is 0 Å². The lowest BCUT2D eigenvalue weighted by Gasteiger charge is -2.23. The molecule has 0 radical (unpaired) electrons. The first-order valence-electron chi connectivity index (χ1n) is 5.40. The minimum atomic E-state index is -3.94. The van der Waals surface area contributed by atoms with Crippen molar-refractivity contribution in [2.24, 2.45) is 5.41 Å². The van der Waals surface area contributed by atoms with Crippen molar-refractivity contribution in [1.82, 2.24) is 4.72 Å². The molecule has 0 saturated heterocycles. The molecule has 0 saturated carbocycles. The van der Waals surface area contributed by atoms with Gasteiger partial charge in [0.25, 0.3) is 0 Å². The molecule has 0 aromatic rings. The van der Waals surface area contributed by atoms with Crippen LogP contribution in [0.15, 0.2) is 0 Å². The van der Waals surface area contributed by atoms with Crippen LogP contribution < -0.4 is 4.72 Å². The quantitative estimate of drug-likeness (QED) is 0.634. The predicted molar refractivity (Wildman–Crippen MR) is 64.4 cm³/mol. The zero-order valence-corrected chi connectivity index (χ0v) is 11.7. The number of hydrogen-bond donors (Lipinski definition) is 2. The van der Waals surface area contributed by atoms with Crippen LogP contribution in [0, 0.1) is 5.41 Å². The highest BCUT2D eigenvalue weighted by Crippen LogP contribution is 2.20. The number of ether oxygens (including phenoxy) is 1. The van der Waals surface area contributed by atoms with Gasteiger partial charge in [0, 0.05) is 6.54 Å². The molecule has 0 aromatic carbocycles. The number of rotatable bonds is 7. The lowest BCUT2D eigenvalue weighted by molar-refractivity contribution is -0.147.